The van der Waals surface area contributed by atoms with E-state index in [9.17, 15) is 14.7 Å². The fourth-order valence-corrected chi connectivity index (χ4v) is 7.38. The maximum absolute atomic E-state index is 14.1. The zero-order chi connectivity index (χ0) is 34.8. The second-order valence-corrected chi connectivity index (χ2v) is 21.2. The monoisotopic (exact) mass is 679 g/mol. The van der Waals surface area contributed by atoms with Gasteiger partial charge in [-0.2, -0.15) is 0 Å². The Kier molecular flexibility index (Phi) is 10.7. The molecule has 2 aromatic heterocycles. The Morgan fingerprint density at radius 1 is 1.08 bits per heavy atom. The lowest BCUT2D eigenvalue weighted by molar-refractivity contribution is 0.0519. The predicted molar refractivity (Wildman–Crippen MR) is 190 cm³/mol. The van der Waals surface area contributed by atoms with E-state index in [0.717, 1.165) is 22.8 Å². The molecule has 2 amide bonds. The van der Waals surface area contributed by atoms with Crippen molar-refractivity contribution in [3.8, 4) is 22.8 Å². The minimum absolute atomic E-state index is 0.0690. The summed E-state index contributed by atoms with van der Waals surface area (Å²) >= 11 is 0. The van der Waals surface area contributed by atoms with Crippen LogP contribution in [0.3, 0.4) is 0 Å². The van der Waals surface area contributed by atoms with Gasteiger partial charge in [0.25, 0.3) is 5.91 Å². The van der Waals surface area contributed by atoms with E-state index < -0.39 is 19.7 Å². The van der Waals surface area contributed by atoms with Gasteiger partial charge in [-0.1, -0.05) is 19.6 Å². The molecule has 2 saturated carbocycles. The number of carbonyl (C=O) groups is 2. The van der Waals surface area contributed by atoms with Gasteiger partial charge in [-0.15, -0.1) is 0 Å². The summed E-state index contributed by atoms with van der Waals surface area (Å²) in [6.07, 6.45) is 5.71. The highest BCUT2D eigenvalue weighted by Gasteiger charge is 2.36. The Balaban J connectivity index is 1.47. The standard InChI is InChI=1S/C36H53N5O6Si/c1-23-30(34(42)39-25-11-13-26(14-12-25)41(35(43)44)36(2,3)4)32-33(40(23)22-46-17-18-48(6,7)8)31(37-21-38-32)28-16-15-27(45-5)19-29(28)47-20-24-9-10-24/h15-16,19,21,24-26H,9-14,17-18,20,22H2,1-8H3,(H,39,42)(H,43,44)/t25-,26-. The summed E-state index contributed by atoms with van der Waals surface area (Å²) in [6, 6.07) is 6.62. The van der Waals surface area contributed by atoms with E-state index in [1.807, 2.05) is 50.5 Å². The molecule has 0 atom stereocenters. The summed E-state index contributed by atoms with van der Waals surface area (Å²) in [5, 5.41) is 13.2. The molecule has 0 aliphatic heterocycles. The molecule has 0 radical (unpaired) electrons. The number of carboxylic acid groups (broad SMARTS) is 1. The molecule has 0 spiro atoms. The normalized spacial score (nSPS) is 18.5. The SMILES string of the molecule is COc1ccc(-c2ncnc3c(C(=O)N[C@H]4CC[C@H](N(C(=O)O)C(C)(C)C)CC4)c(C)n(COCC[Si](C)(C)C)c23)c(OCC2CC2)c1. The Morgan fingerprint density at radius 2 is 1.79 bits per heavy atom. The van der Waals surface area contributed by atoms with Crippen molar-refractivity contribution < 1.29 is 28.9 Å². The summed E-state index contributed by atoms with van der Waals surface area (Å²) in [5.74, 6) is 1.74. The fraction of sp³-hybridized carbons (Fsp3) is 0.611. The summed E-state index contributed by atoms with van der Waals surface area (Å²) in [4.78, 5) is 37.2. The van der Waals surface area contributed by atoms with Crippen molar-refractivity contribution in [2.75, 3.05) is 20.3 Å². The zero-order valence-electron chi connectivity index (χ0n) is 29.9. The third kappa shape index (κ3) is 8.31. The molecule has 12 heteroatoms. The van der Waals surface area contributed by atoms with Crippen molar-refractivity contribution in [2.24, 2.45) is 5.92 Å². The number of amides is 2. The van der Waals surface area contributed by atoms with Crippen molar-refractivity contribution in [1.29, 1.82) is 0 Å². The fourth-order valence-electron chi connectivity index (χ4n) is 6.62. The van der Waals surface area contributed by atoms with E-state index in [1.54, 1.807) is 12.0 Å². The van der Waals surface area contributed by atoms with Gasteiger partial charge in [0.2, 0.25) is 0 Å². The van der Waals surface area contributed by atoms with Gasteiger partial charge in [-0.3, -0.25) is 4.79 Å². The minimum atomic E-state index is -1.31. The van der Waals surface area contributed by atoms with Crippen LogP contribution in [0.5, 0.6) is 11.5 Å². The Morgan fingerprint density at radius 3 is 2.40 bits per heavy atom. The van der Waals surface area contributed by atoms with Crippen molar-refractivity contribution in [3.05, 3.63) is 35.8 Å². The van der Waals surface area contributed by atoms with Gasteiger partial charge >= 0.3 is 6.09 Å². The quantitative estimate of drug-likeness (QED) is 0.142. The van der Waals surface area contributed by atoms with Crippen molar-refractivity contribution >= 4 is 31.1 Å². The summed E-state index contributed by atoms with van der Waals surface area (Å²) in [6.45, 7) is 16.2. The lowest BCUT2D eigenvalue weighted by Crippen LogP contribution is -2.53. The molecule has 2 fully saturated rings. The third-order valence-electron chi connectivity index (χ3n) is 9.48. The molecule has 2 heterocycles. The van der Waals surface area contributed by atoms with Crippen LogP contribution in [0.1, 0.15) is 75.3 Å². The number of methoxy groups -OCH3 is 1. The molecule has 11 nitrogen and oxygen atoms in total. The molecule has 2 aliphatic carbocycles. The van der Waals surface area contributed by atoms with E-state index >= 15 is 0 Å². The number of carbonyl (C=O) groups excluding carboxylic acids is 1. The molecule has 3 aromatic rings. The number of fused-ring (bicyclic) bond motifs is 1. The summed E-state index contributed by atoms with van der Waals surface area (Å²) < 4.78 is 20.1. The van der Waals surface area contributed by atoms with Gasteiger partial charge < -0.3 is 34.1 Å². The first-order chi connectivity index (χ1) is 22.7. The largest absolute Gasteiger partial charge is 0.497 e. The summed E-state index contributed by atoms with van der Waals surface area (Å²) in [5.41, 5.74) is 3.52. The number of nitrogens with zero attached hydrogens (tertiary/aromatic N) is 4. The van der Waals surface area contributed by atoms with E-state index in [-0.39, 0.29) is 24.7 Å². The Labute approximate surface area is 285 Å². The number of ether oxygens (including phenoxy) is 3. The van der Waals surface area contributed by atoms with Gasteiger partial charge in [-0.25, -0.2) is 14.8 Å². The first-order valence-electron chi connectivity index (χ1n) is 17.2. The number of rotatable bonds is 13. The first kappa shape index (κ1) is 35.7. The van der Waals surface area contributed by atoms with Gasteiger partial charge in [-0.05, 0) is 90.3 Å². The lowest BCUT2D eigenvalue weighted by Gasteiger charge is -2.42. The van der Waals surface area contributed by atoms with Crippen molar-refractivity contribution in [2.45, 2.75) is 116 Å². The van der Waals surface area contributed by atoms with Crippen LogP contribution in [-0.2, 0) is 11.5 Å². The molecule has 262 valence electrons. The molecular weight excluding hydrogens is 627 g/mol. The number of hydrogen-bond acceptors (Lipinski definition) is 7. The number of hydrogen-bond donors (Lipinski definition) is 2. The van der Waals surface area contributed by atoms with Crippen molar-refractivity contribution in [1.82, 2.24) is 24.8 Å². The maximum Gasteiger partial charge on any atom is 0.407 e. The average molecular weight is 680 g/mol. The molecule has 5 rings (SSSR count). The zero-order valence-corrected chi connectivity index (χ0v) is 30.9. The van der Waals surface area contributed by atoms with Crippen LogP contribution in [-0.4, -0.2) is 82.6 Å². The third-order valence-corrected chi connectivity index (χ3v) is 11.2. The van der Waals surface area contributed by atoms with Crippen LogP contribution in [0.2, 0.25) is 25.7 Å². The highest BCUT2D eigenvalue weighted by Crippen LogP contribution is 2.39. The molecule has 48 heavy (non-hydrogen) atoms. The van der Waals surface area contributed by atoms with Crippen LogP contribution in [0.25, 0.3) is 22.3 Å². The van der Waals surface area contributed by atoms with E-state index in [4.69, 9.17) is 19.2 Å². The Bertz CT molecular complexity index is 1620. The molecule has 0 unspecified atom stereocenters. The second-order valence-electron chi connectivity index (χ2n) is 15.6. The molecule has 0 saturated heterocycles. The highest BCUT2D eigenvalue weighted by atomic mass is 28.3. The van der Waals surface area contributed by atoms with E-state index in [1.165, 1.54) is 19.2 Å². The average Bonchev–Trinajstić information content (AvgIpc) is 3.80. The lowest BCUT2D eigenvalue weighted by atomic mass is 9.88. The highest BCUT2D eigenvalue weighted by molar-refractivity contribution is 6.76. The Hall–Kier alpha value is -3.64. The predicted octanol–water partition coefficient (Wildman–Crippen LogP) is 7.34. The van der Waals surface area contributed by atoms with Crippen molar-refractivity contribution in [3.63, 3.8) is 0 Å². The first-order valence-corrected chi connectivity index (χ1v) is 20.9. The number of aromatic nitrogens is 3. The topological polar surface area (TPSA) is 128 Å². The van der Waals surface area contributed by atoms with Crippen LogP contribution >= 0.6 is 0 Å². The van der Waals surface area contributed by atoms with Crippen LogP contribution in [0.4, 0.5) is 4.79 Å². The summed E-state index contributed by atoms with van der Waals surface area (Å²) in [7, 11) is 0.328. The molecule has 0 bridgehead atoms. The maximum atomic E-state index is 14.1. The smallest absolute Gasteiger partial charge is 0.407 e. The van der Waals surface area contributed by atoms with Crippen LogP contribution < -0.4 is 14.8 Å². The molecule has 2 aliphatic rings. The van der Waals surface area contributed by atoms with Crippen LogP contribution in [0.15, 0.2) is 24.5 Å². The number of nitrogens with one attached hydrogen (secondary N) is 1. The van der Waals surface area contributed by atoms with Crippen LogP contribution in [0, 0.1) is 12.8 Å². The molecular formula is C36H53N5O6Si. The van der Waals surface area contributed by atoms with Gasteiger partial charge in [0.1, 0.15) is 35.8 Å². The number of benzene rings is 1. The van der Waals surface area contributed by atoms with Gasteiger partial charge in [0, 0.05) is 49.6 Å². The molecule has 2 N–H and O–H groups in total. The van der Waals surface area contributed by atoms with Gasteiger partial charge in [0.15, 0.2) is 0 Å². The van der Waals surface area contributed by atoms with E-state index in [2.05, 4.69) is 29.9 Å². The van der Waals surface area contributed by atoms with E-state index in [0.29, 0.717) is 73.1 Å². The molecule has 1 aromatic carbocycles. The minimum Gasteiger partial charge on any atom is -0.497 e. The second kappa shape index (κ2) is 14.5. The van der Waals surface area contributed by atoms with Gasteiger partial charge in [0.05, 0.1) is 24.8 Å².